The van der Waals surface area contributed by atoms with Crippen LogP contribution in [0.4, 0.5) is 4.39 Å². The van der Waals surface area contributed by atoms with Crippen LogP contribution in [0.15, 0.2) is 0 Å². The second-order valence-electron chi connectivity index (χ2n) is 2.18. The summed E-state index contributed by atoms with van der Waals surface area (Å²) in [6, 6.07) is 0. The van der Waals surface area contributed by atoms with E-state index < -0.39 is 31.3 Å². The molecule has 0 aromatic heterocycles. The molecule has 4 atom stereocenters. The van der Waals surface area contributed by atoms with Gasteiger partial charge in [-0.3, -0.25) is 0 Å². The zero-order valence-electron chi connectivity index (χ0n) is 5.14. The van der Waals surface area contributed by atoms with Gasteiger partial charge in [0.2, 0.25) is 0 Å². The lowest BCUT2D eigenvalue weighted by Gasteiger charge is -2.08. The van der Waals surface area contributed by atoms with Gasteiger partial charge in [-0.1, -0.05) is 0 Å². The lowest BCUT2D eigenvalue weighted by atomic mass is 10.2. The first-order valence-corrected chi connectivity index (χ1v) is 2.93. The Bertz CT molecular complexity index is 120. The molecule has 1 saturated heterocycles. The van der Waals surface area contributed by atoms with E-state index in [1.165, 1.54) is 0 Å². The molecule has 1 aliphatic heterocycles. The van der Waals surface area contributed by atoms with Gasteiger partial charge < -0.3 is 20.1 Å². The molecule has 5 heteroatoms. The summed E-state index contributed by atoms with van der Waals surface area (Å²) in [4.78, 5) is 0. The van der Waals surface area contributed by atoms with Crippen molar-refractivity contribution in [1.82, 2.24) is 0 Å². The van der Waals surface area contributed by atoms with Gasteiger partial charge in [-0.05, 0) is 0 Å². The normalized spacial score (nSPS) is 48.0. The minimum atomic E-state index is -1.81. The van der Waals surface area contributed by atoms with Crippen molar-refractivity contribution in [2.75, 3.05) is 6.61 Å². The Balaban J connectivity index is 2.53. The van der Waals surface area contributed by atoms with Crippen LogP contribution in [-0.2, 0) is 4.74 Å². The zero-order valence-corrected chi connectivity index (χ0v) is 5.14. The second kappa shape index (κ2) is 2.79. The highest BCUT2D eigenvalue weighted by molar-refractivity contribution is 4.85. The topological polar surface area (TPSA) is 69.9 Å². The predicted molar refractivity (Wildman–Crippen MR) is 28.9 cm³/mol. The summed E-state index contributed by atoms with van der Waals surface area (Å²) < 4.78 is 16.8. The Morgan fingerprint density at radius 3 is 2.20 bits per heavy atom. The van der Waals surface area contributed by atoms with Gasteiger partial charge in [0.25, 0.3) is 0 Å². The van der Waals surface area contributed by atoms with Crippen LogP contribution >= 0.6 is 0 Å². The average Bonchev–Trinajstić information content (AvgIpc) is 2.17. The van der Waals surface area contributed by atoms with E-state index in [0.717, 1.165) is 0 Å². The van der Waals surface area contributed by atoms with Crippen LogP contribution in [0.1, 0.15) is 0 Å². The smallest absolute Gasteiger partial charge is 0.189 e. The highest BCUT2D eigenvalue weighted by Gasteiger charge is 2.42. The lowest BCUT2D eigenvalue weighted by molar-refractivity contribution is -0.121. The van der Waals surface area contributed by atoms with Crippen LogP contribution in [-0.4, -0.2) is 46.6 Å². The Kier molecular flexibility index (Phi) is 2.20. The van der Waals surface area contributed by atoms with Crippen molar-refractivity contribution in [3.63, 3.8) is 0 Å². The summed E-state index contributed by atoms with van der Waals surface area (Å²) in [7, 11) is 0. The first-order valence-electron chi connectivity index (χ1n) is 2.93. The van der Waals surface area contributed by atoms with Crippen molar-refractivity contribution in [1.29, 1.82) is 0 Å². The highest BCUT2D eigenvalue weighted by atomic mass is 19.1. The molecule has 10 heavy (non-hydrogen) atoms. The third kappa shape index (κ3) is 1.13. The standard InChI is InChI=1S/C5H9FO4/c6-3-4(8)2(1-7)10-5(3)9/h2-5,7-9H,1H2. The molecule has 0 bridgehead atoms. The molecule has 0 aromatic carbocycles. The molecule has 1 fully saturated rings. The SMILES string of the molecule is OCC1OC(O)C(F)C1O. The van der Waals surface area contributed by atoms with E-state index in [0.29, 0.717) is 0 Å². The fourth-order valence-electron chi connectivity index (χ4n) is 0.859. The van der Waals surface area contributed by atoms with Gasteiger partial charge in [0.1, 0.15) is 12.2 Å². The van der Waals surface area contributed by atoms with Gasteiger partial charge >= 0.3 is 0 Å². The number of rotatable bonds is 1. The summed E-state index contributed by atoms with van der Waals surface area (Å²) in [6.07, 6.45) is -5.82. The van der Waals surface area contributed by atoms with E-state index in [-0.39, 0.29) is 0 Å². The van der Waals surface area contributed by atoms with Crippen LogP contribution < -0.4 is 0 Å². The van der Waals surface area contributed by atoms with Crippen molar-refractivity contribution in [2.45, 2.75) is 24.7 Å². The van der Waals surface area contributed by atoms with Gasteiger partial charge in [-0.15, -0.1) is 0 Å². The Labute approximate surface area is 56.9 Å². The van der Waals surface area contributed by atoms with Gasteiger partial charge in [-0.25, -0.2) is 4.39 Å². The minimum Gasteiger partial charge on any atom is -0.394 e. The van der Waals surface area contributed by atoms with Crippen LogP contribution in [0.25, 0.3) is 0 Å². The van der Waals surface area contributed by atoms with Gasteiger partial charge in [-0.2, -0.15) is 0 Å². The van der Waals surface area contributed by atoms with Crippen molar-refractivity contribution in [3.8, 4) is 0 Å². The number of hydrogen-bond acceptors (Lipinski definition) is 4. The molecule has 60 valence electrons. The van der Waals surface area contributed by atoms with Crippen LogP contribution in [0.5, 0.6) is 0 Å². The van der Waals surface area contributed by atoms with Gasteiger partial charge in [0, 0.05) is 0 Å². The maximum Gasteiger partial charge on any atom is 0.189 e. The number of aliphatic hydroxyl groups excluding tert-OH is 3. The summed E-state index contributed by atoms with van der Waals surface area (Å²) >= 11 is 0. The number of ether oxygens (including phenoxy) is 1. The van der Waals surface area contributed by atoms with E-state index in [9.17, 15) is 4.39 Å². The van der Waals surface area contributed by atoms with Crippen LogP contribution in [0.3, 0.4) is 0 Å². The first-order chi connectivity index (χ1) is 4.66. The minimum absolute atomic E-state index is 0.487. The number of hydrogen-bond donors (Lipinski definition) is 3. The molecule has 0 saturated carbocycles. The van der Waals surface area contributed by atoms with Gasteiger partial charge in [0.05, 0.1) is 6.61 Å². The molecule has 1 heterocycles. The highest BCUT2D eigenvalue weighted by Crippen LogP contribution is 2.21. The third-order valence-electron chi connectivity index (χ3n) is 1.47. The van der Waals surface area contributed by atoms with Crippen LogP contribution in [0.2, 0.25) is 0 Å². The van der Waals surface area contributed by atoms with Crippen molar-refractivity contribution in [2.24, 2.45) is 0 Å². The second-order valence-corrected chi connectivity index (χ2v) is 2.18. The van der Waals surface area contributed by atoms with Crippen molar-refractivity contribution < 1.29 is 24.4 Å². The summed E-state index contributed by atoms with van der Waals surface area (Å²) in [5.74, 6) is 0. The molecule has 0 radical (unpaired) electrons. The lowest BCUT2D eigenvalue weighted by Crippen LogP contribution is -2.30. The van der Waals surface area contributed by atoms with E-state index >= 15 is 0 Å². The van der Waals surface area contributed by atoms with Crippen molar-refractivity contribution >= 4 is 0 Å². The maximum atomic E-state index is 12.4. The molecule has 4 nitrogen and oxygen atoms in total. The van der Waals surface area contributed by atoms with E-state index in [2.05, 4.69) is 4.74 Å². The molecule has 0 spiro atoms. The summed E-state index contributed by atoms with van der Waals surface area (Å²) in [6.45, 7) is -0.487. The Morgan fingerprint density at radius 2 is 2.00 bits per heavy atom. The number of alkyl halides is 1. The predicted octanol–water partition coefficient (Wildman–Crippen LogP) is -1.61. The first kappa shape index (κ1) is 7.87. The quantitative estimate of drug-likeness (QED) is 0.423. The molecule has 0 aromatic rings. The third-order valence-corrected chi connectivity index (χ3v) is 1.47. The zero-order chi connectivity index (χ0) is 7.72. The fourth-order valence-corrected chi connectivity index (χ4v) is 0.859. The van der Waals surface area contributed by atoms with E-state index in [1.807, 2.05) is 0 Å². The molecule has 0 aliphatic carbocycles. The molecule has 4 unspecified atom stereocenters. The van der Waals surface area contributed by atoms with E-state index in [4.69, 9.17) is 15.3 Å². The van der Waals surface area contributed by atoms with E-state index in [1.54, 1.807) is 0 Å². The fraction of sp³-hybridized carbons (Fsp3) is 1.00. The monoisotopic (exact) mass is 152 g/mol. The molecule has 1 rings (SSSR count). The summed E-state index contributed by atoms with van der Waals surface area (Å²) in [5, 5.41) is 25.8. The average molecular weight is 152 g/mol. The Hall–Kier alpha value is -0.230. The molecular formula is C5H9FO4. The molecule has 3 N–H and O–H groups in total. The number of aliphatic hydroxyl groups is 3. The molecular weight excluding hydrogens is 143 g/mol. The number of halogens is 1. The van der Waals surface area contributed by atoms with Crippen LogP contribution in [0, 0.1) is 0 Å². The van der Waals surface area contributed by atoms with Gasteiger partial charge in [0.15, 0.2) is 12.5 Å². The van der Waals surface area contributed by atoms with Crippen molar-refractivity contribution in [3.05, 3.63) is 0 Å². The molecule has 1 aliphatic rings. The maximum absolute atomic E-state index is 12.4. The molecule has 0 amide bonds. The summed E-state index contributed by atoms with van der Waals surface area (Å²) in [5.41, 5.74) is 0. The largest absolute Gasteiger partial charge is 0.394 e. The Morgan fingerprint density at radius 1 is 1.40 bits per heavy atom.